The first-order valence-corrected chi connectivity index (χ1v) is 5.27. The van der Waals surface area contributed by atoms with Gasteiger partial charge in [-0.15, -0.1) is 0 Å². The van der Waals surface area contributed by atoms with Crippen LogP contribution in [-0.2, 0) is 9.53 Å². The van der Waals surface area contributed by atoms with E-state index in [0.29, 0.717) is 5.75 Å². The van der Waals surface area contributed by atoms with Crippen LogP contribution in [0.15, 0.2) is 0 Å². The van der Waals surface area contributed by atoms with Crippen molar-refractivity contribution in [1.29, 1.82) is 5.26 Å². The maximum atomic E-state index is 11.3. The molecule has 1 unspecified atom stereocenters. The maximum Gasteiger partial charge on any atom is 0.309 e. The minimum Gasteiger partial charge on any atom is -0.459 e. The molecule has 0 N–H and O–H groups in total. The van der Waals surface area contributed by atoms with Crippen LogP contribution in [0.5, 0.6) is 0 Å². The van der Waals surface area contributed by atoms with Gasteiger partial charge in [0.1, 0.15) is 11.0 Å². The summed E-state index contributed by atoms with van der Waals surface area (Å²) < 4.78 is 5.16. The Bertz CT molecular complexity index is 244. The number of thiocyanates is 1. The van der Waals surface area contributed by atoms with E-state index in [-0.39, 0.29) is 17.5 Å². The Balaban J connectivity index is 2.36. The van der Waals surface area contributed by atoms with Crippen LogP contribution >= 0.6 is 11.8 Å². The predicted molar refractivity (Wildman–Crippen MR) is 51.0 cm³/mol. The van der Waals surface area contributed by atoms with Gasteiger partial charge in [0.25, 0.3) is 0 Å². The Morgan fingerprint density at radius 1 is 1.77 bits per heavy atom. The van der Waals surface area contributed by atoms with Crippen molar-refractivity contribution < 1.29 is 9.53 Å². The first kappa shape index (κ1) is 10.4. The molecule has 3 nitrogen and oxygen atoms in total. The molecule has 0 bridgehead atoms. The molecule has 0 saturated carbocycles. The summed E-state index contributed by atoms with van der Waals surface area (Å²) in [6.07, 6.45) is 1.53. The van der Waals surface area contributed by atoms with E-state index in [0.717, 1.165) is 12.8 Å². The minimum atomic E-state index is -0.306. The molecule has 0 aliphatic carbocycles. The Kier molecular flexibility index (Phi) is 3.21. The molecule has 1 saturated heterocycles. The van der Waals surface area contributed by atoms with E-state index < -0.39 is 0 Å². The summed E-state index contributed by atoms with van der Waals surface area (Å²) in [5, 5.41) is 10.3. The van der Waals surface area contributed by atoms with Crippen LogP contribution in [0.1, 0.15) is 26.7 Å². The number of carbonyl (C=O) groups is 1. The average molecular weight is 199 g/mol. The van der Waals surface area contributed by atoms with Crippen molar-refractivity contribution >= 4 is 17.7 Å². The highest BCUT2D eigenvalue weighted by Crippen LogP contribution is 2.32. The lowest BCUT2D eigenvalue weighted by molar-refractivity contribution is -0.148. The van der Waals surface area contributed by atoms with Crippen molar-refractivity contribution in [3.8, 4) is 5.40 Å². The third kappa shape index (κ3) is 2.92. The number of rotatable bonds is 3. The predicted octanol–water partition coefficient (Wildman–Crippen LogP) is 1.93. The average Bonchev–Trinajstić information content (AvgIpc) is 2.25. The van der Waals surface area contributed by atoms with E-state index in [9.17, 15) is 4.79 Å². The maximum absolute atomic E-state index is 11.3. The second-order valence-corrected chi connectivity index (χ2v) is 4.69. The molecule has 0 aromatic carbocycles. The second-order valence-electron chi connectivity index (χ2n) is 3.81. The summed E-state index contributed by atoms with van der Waals surface area (Å²) >= 11 is 1.19. The largest absolute Gasteiger partial charge is 0.459 e. The van der Waals surface area contributed by atoms with Crippen LogP contribution in [0.2, 0.25) is 0 Å². The van der Waals surface area contributed by atoms with Crippen molar-refractivity contribution in [2.75, 3.05) is 5.75 Å². The number of nitriles is 1. The van der Waals surface area contributed by atoms with Crippen LogP contribution in [0.25, 0.3) is 0 Å². The third-order valence-electron chi connectivity index (χ3n) is 2.08. The molecule has 4 heteroatoms. The van der Waals surface area contributed by atoms with Crippen molar-refractivity contribution in [2.45, 2.75) is 32.3 Å². The number of esters is 1. The standard InChI is InChI=1S/C9H13NO2S/c1-9(2)5-7(8(11)12-9)3-4-13-6-10/h7H,3-5H2,1-2H3. The minimum absolute atomic E-state index is 0.00384. The molecule has 72 valence electrons. The number of hydrogen-bond acceptors (Lipinski definition) is 4. The zero-order valence-corrected chi connectivity index (χ0v) is 8.69. The molecule has 0 spiro atoms. The fraction of sp³-hybridized carbons (Fsp3) is 0.778. The zero-order chi connectivity index (χ0) is 9.90. The van der Waals surface area contributed by atoms with Crippen molar-refractivity contribution in [2.24, 2.45) is 5.92 Å². The molecule has 0 amide bonds. The van der Waals surface area contributed by atoms with Crippen LogP contribution in [0.3, 0.4) is 0 Å². The lowest BCUT2D eigenvalue weighted by atomic mass is 9.96. The monoisotopic (exact) mass is 199 g/mol. The van der Waals surface area contributed by atoms with Gasteiger partial charge in [-0.05, 0) is 38.5 Å². The highest BCUT2D eigenvalue weighted by atomic mass is 32.2. The van der Waals surface area contributed by atoms with Gasteiger partial charge in [0.05, 0.1) is 5.92 Å². The molecular weight excluding hydrogens is 186 g/mol. The van der Waals surface area contributed by atoms with E-state index in [1.54, 1.807) is 0 Å². The lowest BCUT2D eigenvalue weighted by Gasteiger charge is -2.14. The fourth-order valence-electron chi connectivity index (χ4n) is 1.54. The van der Waals surface area contributed by atoms with Gasteiger partial charge >= 0.3 is 5.97 Å². The molecule has 0 aromatic heterocycles. The third-order valence-corrected chi connectivity index (χ3v) is 2.65. The SMILES string of the molecule is CC1(C)CC(CCSC#N)C(=O)O1. The quantitative estimate of drug-likeness (QED) is 0.396. The van der Waals surface area contributed by atoms with E-state index in [1.165, 1.54) is 11.8 Å². The summed E-state index contributed by atoms with van der Waals surface area (Å²) in [4.78, 5) is 11.3. The topological polar surface area (TPSA) is 50.1 Å². The van der Waals surface area contributed by atoms with Gasteiger partial charge in [-0.25, -0.2) is 0 Å². The van der Waals surface area contributed by atoms with Crippen LogP contribution in [0, 0.1) is 16.6 Å². The van der Waals surface area contributed by atoms with E-state index in [4.69, 9.17) is 10.00 Å². The van der Waals surface area contributed by atoms with Gasteiger partial charge < -0.3 is 4.74 Å². The molecular formula is C9H13NO2S. The Morgan fingerprint density at radius 3 is 2.92 bits per heavy atom. The number of ether oxygens (including phenoxy) is 1. The van der Waals surface area contributed by atoms with Gasteiger partial charge in [0.15, 0.2) is 0 Å². The molecule has 1 aliphatic heterocycles. The zero-order valence-electron chi connectivity index (χ0n) is 7.87. The van der Waals surface area contributed by atoms with E-state index >= 15 is 0 Å². The highest BCUT2D eigenvalue weighted by Gasteiger charge is 2.39. The van der Waals surface area contributed by atoms with Crippen molar-refractivity contribution in [3.63, 3.8) is 0 Å². The second kappa shape index (κ2) is 4.01. The van der Waals surface area contributed by atoms with E-state index in [1.807, 2.05) is 19.2 Å². The first-order valence-electron chi connectivity index (χ1n) is 4.29. The van der Waals surface area contributed by atoms with Gasteiger partial charge in [0.2, 0.25) is 0 Å². The Morgan fingerprint density at radius 2 is 2.46 bits per heavy atom. The molecule has 1 aliphatic rings. The summed E-state index contributed by atoms with van der Waals surface area (Å²) in [5.74, 6) is 0.603. The number of hydrogen-bond donors (Lipinski definition) is 0. The number of carbonyl (C=O) groups excluding carboxylic acids is 1. The van der Waals surface area contributed by atoms with Crippen LogP contribution < -0.4 is 0 Å². The van der Waals surface area contributed by atoms with E-state index in [2.05, 4.69) is 0 Å². The number of nitrogens with zero attached hydrogens (tertiary/aromatic N) is 1. The highest BCUT2D eigenvalue weighted by molar-refractivity contribution is 8.03. The Labute approximate surface area is 82.4 Å². The summed E-state index contributed by atoms with van der Waals surface area (Å²) in [6.45, 7) is 3.84. The molecule has 1 atom stereocenters. The molecule has 1 heterocycles. The summed E-state index contributed by atoms with van der Waals surface area (Å²) in [5.41, 5.74) is -0.306. The van der Waals surface area contributed by atoms with Crippen molar-refractivity contribution in [1.82, 2.24) is 0 Å². The summed E-state index contributed by atoms with van der Waals surface area (Å²) in [6, 6.07) is 0. The molecule has 1 rings (SSSR count). The normalized spacial score (nSPS) is 25.3. The molecule has 0 radical (unpaired) electrons. The fourth-order valence-corrected chi connectivity index (χ4v) is 2.03. The molecule has 0 aromatic rings. The Hall–Kier alpha value is -0.690. The van der Waals surface area contributed by atoms with Gasteiger partial charge in [-0.2, -0.15) is 5.26 Å². The number of thioether (sulfide) groups is 1. The van der Waals surface area contributed by atoms with Gasteiger partial charge in [-0.3, -0.25) is 4.79 Å². The first-order chi connectivity index (χ1) is 6.05. The molecule has 13 heavy (non-hydrogen) atoms. The van der Waals surface area contributed by atoms with Crippen LogP contribution in [-0.4, -0.2) is 17.3 Å². The van der Waals surface area contributed by atoms with Gasteiger partial charge in [-0.1, -0.05) is 0 Å². The molecule has 1 fully saturated rings. The number of cyclic esters (lactones) is 1. The smallest absolute Gasteiger partial charge is 0.309 e. The van der Waals surface area contributed by atoms with Crippen LogP contribution in [0.4, 0.5) is 0 Å². The van der Waals surface area contributed by atoms with Gasteiger partial charge in [0, 0.05) is 5.75 Å². The van der Waals surface area contributed by atoms with Crippen molar-refractivity contribution in [3.05, 3.63) is 0 Å². The lowest BCUT2D eigenvalue weighted by Crippen LogP contribution is -2.17. The summed E-state index contributed by atoms with van der Waals surface area (Å²) in [7, 11) is 0.